The molecule has 0 spiro atoms. The molecule has 0 atom stereocenters. The molecule has 0 N–H and O–H groups in total. The number of aryl methyl sites for hydroxylation is 1. The van der Waals surface area contributed by atoms with Crippen LogP contribution < -0.4 is 51.4 Å². The van der Waals surface area contributed by atoms with Crippen molar-refractivity contribution >= 4 is 0 Å². The van der Waals surface area contributed by atoms with E-state index < -0.39 is 0 Å². The van der Waals surface area contributed by atoms with E-state index in [1.165, 1.54) is 5.56 Å². The third kappa shape index (κ3) is 3.00. The molecule has 0 bridgehead atoms. The minimum Gasteiger partial charge on any atom is -0.184 e. The zero-order chi connectivity index (χ0) is 5.11. The SMILES string of the molecule is Cc1cc[c-]cc1.[K+]. The van der Waals surface area contributed by atoms with Crippen molar-refractivity contribution in [3.63, 3.8) is 0 Å². The second-order valence-corrected chi connectivity index (χ2v) is 1.58. The zero-order valence-electron chi connectivity index (χ0n) is 5.31. The summed E-state index contributed by atoms with van der Waals surface area (Å²) in [6, 6.07) is 10.8. The minimum absolute atomic E-state index is 0. The van der Waals surface area contributed by atoms with Gasteiger partial charge in [-0.15, -0.1) is 0 Å². The fourth-order valence-corrected chi connectivity index (χ4v) is 0.470. The first kappa shape index (κ1) is 8.86. The van der Waals surface area contributed by atoms with Crippen molar-refractivity contribution in [1.29, 1.82) is 0 Å². The average molecular weight is 130 g/mol. The van der Waals surface area contributed by atoms with E-state index in [0.29, 0.717) is 0 Å². The van der Waals surface area contributed by atoms with Crippen molar-refractivity contribution in [3.8, 4) is 0 Å². The largest absolute Gasteiger partial charge is 1.00 e. The van der Waals surface area contributed by atoms with E-state index in [0.717, 1.165) is 0 Å². The maximum Gasteiger partial charge on any atom is 1.00 e. The Labute approximate surface area is 92.7 Å². The summed E-state index contributed by atoms with van der Waals surface area (Å²) in [6.45, 7) is 2.06. The predicted octanol–water partition coefficient (Wildman–Crippen LogP) is -1.20. The van der Waals surface area contributed by atoms with Gasteiger partial charge in [-0.2, -0.15) is 35.9 Å². The molecular weight excluding hydrogens is 123 g/mol. The third-order valence-corrected chi connectivity index (χ3v) is 0.885. The van der Waals surface area contributed by atoms with E-state index >= 15 is 0 Å². The van der Waals surface area contributed by atoms with E-state index in [9.17, 15) is 0 Å². The Morgan fingerprint density at radius 1 is 1.25 bits per heavy atom. The van der Waals surface area contributed by atoms with Gasteiger partial charge in [0.1, 0.15) is 0 Å². The Balaban J connectivity index is 0.000000490. The molecule has 0 aliphatic heterocycles. The Hall–Kier alpha value is 0.856. The molecule has 0 unspecified atom stereocenters. The molecule has 36 valence electrons. The summed E-state index contributed by atoms with van der Waals surface area (Å²) in [5.74, 6) is 0. The van der Waals surface area contributed by atoms with Crippen molar-refractivity contribution in [3.05, 3.63) is 35.9 Å². The van der Waals surface area contributed by atoms with Gasteiger partial charge >= 0.3 is 51.4 Å². The molecule has 8 heavy (non-hydrogen) atoms. The van der Waals surface area contributed by atoms with Crippen LogP contribution in [0, 0.1) is 13.0 Å². The number of rotatable bonds is 0. The fraction of sp³-hybridized carbons (Fsp3) is 0.143. The van der Waals surface area contributed by atoms with Crippen molar-refractivity contribution in [2.24, 2.45) is 0 Å². The molecule has 0 nitrogen and oxygen atoms in total. The van der Waals surface area contributed by atoms with E-state index in [1.54, 1.807) is 0 Å². The van der Waals surface area contributed by atoms with Gasteiger partial charge in [0.15, 0.2) is 0 Å². The van der Waals surface area contributed by atoms with Crippen LogP contribution in [0.3, 0.4) is 0 Å². The molecule has 1 heteroatoms. The Morgan fingerprint density at radius 2 is 1.75 bits per heavy atom. The van der Waals surface area contributed by atoms with E-state index in [1.807, 2.05) is 24.3 Å². The van der Waals surface area contributed by atoms with Gasteiger partial charge in [0.25, 0.3) is 0 Å². The maximum absolute atomic E-state index is 2.93. The van der Waals surface area contributed by atoms with Crippen LogP contribution in [0.25, 0.3) is 0 Å². The summed E-state index contributed by atoms with van der Waals surface area (Å²) in [7, 11) is 0. The van der Waals surface area contributed by atoms with Gasteiger partial charge in [-0.25, -0.2) is 0 Å². The van der Waals surface area contributed by atoms with Gasteiger partial charge in [0.05, 0.1) is 0 Å². The molecule has 0 heterocycles. The van der Waals surface area contributed by atoms with Gasteiger partial charge in [0.2, 0.25) is 0 Å². The summed E-state index contributed by atoms with van der Waals surface area (Å²) in [4.78, 5) is 0. The van der Waals surface area contributed by atoms with E-state index in [2.05, 4.69) is 13.0 Å². The molecule has 0 radical (unpaired) electrons. The average Bonchev–Trinajstić information content (AvgIpc) is 1.69. The normalized spacial score (nSPS) is 7.62. The predicted molar refractivity (Wildman–Crippen MR) is 30.0 cm³/mol. The van der Waals surface area contributed by atoms with Gasteiger partial charge in [-0.3, -0.25) is 0 Å². The second-order valence-electron chi connectivity index (χ2n) is 1.58. The first-order chi connectivity index (χ1) is 3.39. The summed E-state index contributed by atoms with van der Waals surface area (Å²) < 4.78 is 0. The molecule has 0 saturated carbocycles. The second kappa shape index (κ2) is 4.71. The first-order valence-corrected chi connectivity index (χ1v) is 2.32. The monoisotopic (exact) mass is 130 g/mol. The fourth-order valence-electron chi connectivity index (χ4n) is 0.470. The Morgan fingerprint density at radius 3 is 2.00 bits per heavy atom. The first-order valence-electron chi connectivity index (χ1n) is 2.32. The van der Waals surface area contributed by atoms with Crippen LogP contribution in [0.4, 0.5) is 0 Å². The van der Waals surface area contributed by atoms with Crippen molar-refractivity contribution < 1.29 is 51.4 Å². The van der Waals surface area contributed by atoms with Crippen LogP contribution in [0.5, 0.6) is 0 Å². The molecular formula is C7H7K. The third-order valence-electron chi connectivity index (χ3n) is 0.885. The van der Waals surface area contributed by atoms with Crippen LogP contribution in [-0.2, 0) is 0 Å². The van der Waals surface area contributed by atoms with Gasteiger partial charge in [-0.05, 0) is 0 Å². The quantitative estimate of drug-likeness (QED) is 0.306. The maximum atomic E-state index is 2.93. The van der Waals surface area contributed by atoms with E-state index in [-0.39, 0.29) is 51.4 Å². The molecule has 0 aromatic heterocycles. The van der Waals surface area contributed by atoms with Crippen LogP contribution >= 0.6 is 0 Å². The number of hydrogen-bond donors (Lipinski definition) is 0. The molecule has 1 rings (SSSR count). The van der Waals surface area contributed by atoms with Crippen LogP contribution in [0.1, 0.15) is 5.56 Å². The van der Waals surface area contributed by atoms with E-state index in [4.69, 9.17) is 0 Å². The Bertz CT molecular complexity index is 134. The van der Waals surface area contributed by atoms with Crippen LogP contribution in [-0.4, -0.2) is 0 Å². The summed E-state index contributed by atoms with van der Waals surface area (Å²) in [6.07, 6.45) is 0. The van der Waals surface area contributed by atoms with Gasteiger partial charge < -0.3 is 0 Å². The topological polar surface area (TPSA) is 0 Å². The Kier molecular flexibility index (Phi) is 5.21. The van der Waals surface area contributed by atoms with Gasteiger partial charge in [0, 0.05) is 0 Å². The molecule has 1 aromatic carbocycles. The minimum atomic E-state index is 0. The molecule has 0 aliphatic rings. The molecule has 0 aliphatic carbocycles. The van der Waals surface area contributed by atoms with Crippen molar-refractivity contribution in [2.45, 2.75) is 6.92 Å². The standard InChI is InChI=1S/C7H7.K/c1-7-5-3-2-4-6-7;/h3-6H,1H3;/q-1;+1. The summed E-state index contributed by atoms with van der Waals surface area (Å²) in [5.41, 5.74) is 1.29. The molecule has 0 saturated heterocycles. The van der Waals surface area contributed by atoms with Gasteiger partial charge in [-0.1, -0.05) is 6.92 Å². The zero-order valence-corrected chi connectivity index (χ0v) is 8.43. The molecule has 0 fully saturated rings. The van der Waals surface area contributed by atoms with Crippen molar-refractivity contribution in [1.82, 2.24) is 0 Å². The van der Waals surface area contributed by atoms with Crippen molar-refractivity contribution in [2.75, 3.05) is 0 Å². The smallest absolute Gasteiger partial charge is 0.184 e. The van der Waals surface area contributed by atoms with Crippen LogP contribution in [0.15, 0.2) is 24.3 Å². The number of benzene rings is 1. The van der Waals surface area contributed by atoms with Crippen LogP contribution in [0.2, 0.25) is 0 Å². The molecule has 1 aromatic rings. The summed E-state index contributed by atoms with van der Waals surface area (Å²) in [5, 5.41) is 0. The number of hydrogen-bond acceptors (Lipinski definition) is 0. The molecule has 0 amide bonds. The summed E-state index contributed by atoms with van der Waals surface area (Å²) >= 11 is 0.